The van der Waals surface area contributed by atoms with Crippen LogP contribution in [0.3, 0.4) is 0 Å². The highest BCUT2D eigenvalue weighted by Gasteiger charge is 2.06. The molecule has 0 aliphatic carbocycles. The molecule has 0 radical (unpaired) electrons. The number of carbonyl (C=O) groups excluding carboxylic acids is 1. The molecular formula is C20H17NO. The molecule has 0 fully saturated rings. The van der Waals surface area contributed by atoms with Crippen LogP contribution in [0.4, 0.5) is 5.69 Å². The fraction of sp³-hybridized carbons (Fsp3) is 0.0500. The zero-order chi connectivity index (χ0) is 15.4. The van der Waals surface area contributed by atoms with E-state index in [4.69, 9.17) is 0 Å². The first-order valence-corrected chi connectivity index (χ1v) is 7.26. The van der Waals surface area contributed by atoms with Gasteiger partial charge < -0.3 is 5.32 Å². The molecule has 1 N–H and O–H groups in total. The molecule has 3 aromatic carbocycles. The number of rotatable bonds is 3. The Hall–Kier alpha value is -2.87. The lowest BCUT2D eigenvalue weighted by molar-refractivity contribution is 0.102. The normalized spacial score (nSPS) is 10.2. The maximum atomic E-state index is 12.3. The quantitative estimate of drug-likeness (QED) is 0.728. The summed E-state index contributed by atoms with van der Waals surface area (Å²) in [6, 6.07) is 25.6. The minimum Gasteiger partial charge on any atom is -0.322 e. The first kappa shape index (κ1) is 14.1. The van der Waals surface area contributed by atoms with Crippen LogP contribution >= 0.6 is 0 Å². The van der Waals surface area contributed by atoms with E-state index in [-0.39, 0.29) is 5.91 Å². The Balaban J connectivity index is 1.83. The van der Waals surface area contributed by atoms with Crippen LogP contribution in [-0.4, -0.2) is 5.91 Å². The fourth-order valence-electron chi connectivity index (χ4n) is 2.40. The van der Waals surface area contributed by atoms with Crippen LogP contribution in [0.5, 0.6) is 0 Å². The monoisotopic (exact) mass is 287 g/mol. The summed E-state index contributed by atoms with van der Waals surface area (Å²) in [5, 5.41) is 2.96. The van der Waals surface area contributed by atoms with Crippen LogP contribution < -0.4 is 5.32 Å². The second-order valence-corrected chi connectivity index (χ2v) is 5.27. The van der Waals surface area contributed by atoms with E-state index in [1.165, 1.54) is 0 Å². The molecule has 0 saturated carbocycles. The highest BCUT2D eigenvalue weighted by Crippen LogP contribution is 2.22. The molecule has 0 aliphatic heterocycles. The van der Waals surface area contributed by atoms with Crippen molar-refractivity contribution < 1.29 is 4.79 Å². The van der Waals surface area contributed by atoms with E-state index < -0.39 is 0 Å². The average molecular weight is 287 g/mol. The SMILES string of the molecule is Cc1cccc(C(=O)Nc2cccc(-c3ccccc3)c2)c1. The molecule has 0 aliphatic rings. The van der Waals surface area contributed by atoms with Gasteiger partial charge in [-0.1, -0.05) is 60.2 Å². The third kappa shape index (κ3) is 3.23. The van der Waals surface area contributed by atoms with E-state index in [2.05, 4.69) is 17.4 Å². The summed E-state index contributed by atoms with van der Waals surface area (Å²) in [7, 11) is 0. The molecule has 0 saturated heterocycles. The van der Waals surface area contributed by atoms with Crippen LogP contribution in [0.1, 0.15) is 15.9 Å². The third-order valence-corrected chi connectivity index (χ3v) is 3.51. The Morgan fingerprint density at radius 2 is 1.50 bits per heavy atom. The van der Waals surface area contributed by atoms with E-state index in [0.29, 0.717) is 5.56 Å². The topological polar surface area (TPSA) is 29.1 Å². The molecule has 22 heavy (non-hydrogen) atoms. The molecule has 2 heteroatoms. The maximum Gasteiger partial charge on any atom is 0.255 e. The summed E-state index contributed by atoms with van der Waals surface area (Å²) in [5.41, 5.74) is 4.76. The van der Waals surface area contributed by atoms with Crippen molar-refractivity contribution in [3.05, 3.63) is 90.0 Å². The Bertz CT molecular complexity index is 794. The smallest absolute Gasteiger partial charge is 0.255 e. The number of amides is 1. The van der Waals surface area contributed by atoms with Gasteiger partial charge >= 0.3 is 0 Å². The molecule has 0 aromatic heterocycles. The van der Waals surface area contributed by atoms with E-state index in [9.17, 15) is 4.79 Å². The van der Waals surface area contributed by atoms with Gasteiger partial charge in [0.2, 0.25) is 0 Å². The van der Waals surface area contributed by atoms with Crippen LogP contribution in [0, 0.1) is 6.92 Å². The second kappa shape index (κ2) is 6.27. The lowest BCUT2D eigenvalue weighted by atomic mass is 10.1. The highest BCUT2D eigenvalue weighted by molar-refractivity contribution is 6.04. The largest absolute Gasteiger partial charge is 0.322 e. The van der Waals surface area contributed by atoms with Crippen molar-refractivity contribution in [2.45, 2.75) is 6.92 Å². The third-order valence-electron chi connectivity index (χ3n) is 3.51. The van der Waals surface area contributed by atoms with Crippen molar-refractivity contribution in [1.82, 2.24) is 0 Å². The maximum absolute atomic E-state index is 12.3. The van der Waals surface area contributed by atoms with E-state index in [1.807, 2.05) is 73.7 Å². The molecule has 3 rings (SSSR count). The van der Waals surface area contributed by atoms with Gasteiger partial charge in [0.15, 0.2) is 0 Å². The average Bonchev–Trinajstić information content (AvgIpc) is 2.56. The van der Waals surface area contributed by atoms with Gasteiger partial charge in [-0.05, 0) is 42.3 Å². The number of carbonyl (C=O) groups is 1. The van der Waals surface area contributed by atoms with E-state index >= 15 is 0 Å². The number of hydrogen-bond acceptors (Lipinski definition) is 1. The summed E-state index contributed by atoms with van der Waals surface area (Å²) in [5.74, 6) is -0.0890. The van der Waals surface area contributed by atoms with Gasteiger partial charge in [0, 0.05) is 11.3 Å². The van der Waals surface area contributed by atoms with Gasteiger partial charge in [-0.25, -0.2) is 0 Å². The molecule has 0 atom stereocenters. The fourth-order valence-corrected chi connectivity index (χ4v) is 2.40. The minimum atomic E-state index is -0.0890. The molecule has 3 aromatic rings. The zero-order valence-corrected chi connectivity index (χ0v) is 12.4. The van der Waals surface area contributed by atoms with Crippen LogP contribution in [0.25, 0.3) is 11.1 Å². The Morgan fingerprint density at radius 1 is 0.773 bits per heavy atom. The molecule has 0 bridgehead atoms. The summed E-state index contributed by atoms with van der Waals surface area (Å²) in [6.45, 7) is 1.98. The van der Waals surface area contributed by atoms with Crippen molar-refractivity contribution in [1.29, 1.82) is 0 Å². The van der Waals surface area contributed by atoms with Crippen LogP contribution in [-0.2, 0) is 0 Å². The van der Waals surface area contributed by atoms with Crippen molar-refractivity contribution in [3.63, 3.8) is 0 Å². The Labute approximate surface area is 130 Å². The highest BCUT2D eigenvalue weighted by atomic mass is 16.1. The number of hydrogen-bond donors (Lipinski definition) is 1. The molecule has 0 heterocycles. The predicted octanol–water partition coefficient (Wildman–Crippen LogP) is 4.91. The standard InChI is InChI=1S/C20H17NO/c1-15-7-5-11-18(13-15)20(22)21-19-12-6-10-17(14-19)16-8-3-2-4-9-16/h2-14H,1H3,(H,21,22). The molecule has 0 unspecified atom stereocenters. The molecule has 1 amide bonds. The Morgan fingerprint density at radius 3 is 2.27 bits per heavy atom. The number of benzene rings is 3. The summed E-state index contributed by atoms with van der Waals surface area (Å²) >= 11 is 0. The molecular weight excluding hydrogens is 270 g/mol. The van der Waals surface area contributed by atoms with Crippen molar-refractivity contribution in [2.24, 2.45) is 0 Å². The van der Waals surface area contributed by atoms with Crippen LogP contribution in [0.15, 0.2) is 78.9 Å². The van der Waals surface area contributed by atoms with Gasteiger partial charge in [0.25, 0.3) is 5.91 Å². The predicted molar refractivity (Wildman–Crippen MR) is 91.0 cm³/mol. The van der Waals surface area contributed by atoms with Gasteiger partial charge in [-0.15, -0.1) is 0 Å². The van der Waals surface area contributed by atoms with Gasteiger partial charge in [-0.2, -0.15) is 0 Å². The molecule has 2 nitrogen and oxygen atoms in total. The summed E-state index contributed by atoms with van der Waals surface area (Å²) < 4.78 is 0. The van der Waals surface area contributed by atoms with Crippen molar-refractivity contribution in [2.75, 3.05) is 5.32 Å². The summed E-state index contributed by atoms with van der Waals surface area (Å²) in [6.07, 6.45) is 0. The second-order valence-electron chi connectivity index (χ2n) is 5.27. The lowest BCUT2D eigenvalue weighted by Gasteiger charge is -2.08. The van der Waals surface area contributed by atoms with E-state index in [0.717, 1.165) is 22.4 Å². The van der Waals surface area contributed by atoms with E-state index in [1.54, 1.807) is 0 Å². The first-order chi connectivity index (χ1) is 10.7. The number of aryl methyl sites for hydroxylation is 1. The van der Waals surface area contributed by atoms with Gasteiger partial charge in [0.05, 0.1) is 0 Å². The molecule has 108 valence electrons. The zero-order valence-electron chi connectivity index (χ0n) is 12.4. The minimum absolute atomic E-state index is 0.0890. The number of anilines is 1. The van der Waals surface area contributed by atoms with Crippen LogP contribution in [0.2, 0.25) is 0 Å². The van der Waals surface area contributed by atoms with Gasteiger partial charge in [0.1, 0.15) is 0 Å². The lowest BCUT2D eigenvalue weighted by Crippen LogP contribution is -2.11. The van der Waals surface area contributed by atoms with Gasteiger partial charge in [-0.3, -0.25) is 4.79 Å². The summed E-state index contributed by atoms with van der Waals surface area (Å²) in [4.78, 5) is 12.3. The molecule has 0 spiro atoms. The van der Waals surface area contributed by atoms with Crippen molar-refractivity contribution in [3.8, 4) is 11.1 Å². The van der Waals surface area contributed by atoms with Crippen molar-refractivity contribution >= 4 is 11.6 Å². The Kier molecular flexibility index (Phi) is 4.01. The number of nitrogens with one attached hydrogen (secondary N) is 1. The first-order valence-electron chi connectivity index (χ1n) is 7.26.